The molecule has 7 heavy (non-hydrogen) atoms. The molecule has 0 rings (SSSR count). The number of carboxylic acid groups (broad SMARTS) is 1. The van der Waals surface area contributed by atoms with Crippen LogP contribution in [0.25, 0.3) is 0 Å². The molecule has 0 saturated heterocycles. The highest BCUT2D eigenvalue weighted by Crippen LogP contribution is 1.61. The Labute approximate surface area is 41.7 Å². The minimum atomic E-state index is -1.04. The molecular formula is C3H8N2O2. The van der Waals surface area contributed by atoms with Gasteiger partial charge in [0.25, 0.3) is 0 Å². The quantitative estimate of drug-likeness (QED) is 0.450. The number of rotatable bonds is 1. The molecule has 1 amide bonds. The Morgan fingerprint density at radius 2 is 2.14 bits per heavy atom. The molecule has 4 heteroatoms. The van der Waals surface area contributed by atoms with Crippen LogP contribution in [0, 0.1) is 0 Å². The first kappa shape index (κ1) is 6.23. The van der Waals surface area contributed by atoms with Crippen molar-refractivity contribution in [1.29, 1.82) is 0 Å². The zero-order valence-corrected chi connectivity index (χ0v) is 4.30. The molecule has 0 bridgehead atoms. The number of hydrogen-bond acceptors (Lipinski definition) is 2. The lowest BCUT2D eigenvalue weighted by Crippen LogP contribution is -2.34. The molecule has 0 atom stereocenters. The van der Waals surface area contributed by atoms with E-state index in [1.165, 1.54) is 5.01 Å². The average molecular weight is 104 g/mol. The van der Waals surface area contributed by atoms with E-state index in [-0.39, 0.29) is 0 Å². The number of nitrogens with zero attached hydrogens (tertiary/aromatic N) is 1. The summed E-state index contributed by atoms with van der Waals surface area (Å²) < 4.78 is 0. The minimum Gasteiger partial charge on any atom is -0.464 e. The summed E-state index contributed by atoms with van der Waals surface area (Å²) in [4.78, 5) is 9.66. The lowest BCUT2D eigenvalue weighted by Gasteiger charge is -2.05. The SMILES string of the molecule is CN(C)NC(=O)O. The van der Waals surface area contributed by atoms with Gasteiger partial charge in [-0.25, -0.2) is 9.80 Å². The second-order valence-electron chi connectivity index (χ2n) is 1.31. The topological polar surface area (TPSA) is 52.6 Å². The first-order valence-electron chi connectivity index (χ1n) is 1.80. The van der Waals surface area contributed by atoms with Gasteiger partial charge in [-0.2, -0.15) is 0 Å². The van der Waals surface area contributed by atoms with Gasteiger partial charge in [-0.1, -0.05) is 0 Å². The highest BCUT2D eigenvalue weighted by atomic mass is 16.4. The molecule has 0 heterocycles. The molecule has 2 N–H and O–H groups in total. The maximum Gasteiger partial charge on any atom is 0.419 e. The van der Waals surface area contributed by atoms with E-state index in [2.05, 4.69) is 5.43 Å². The number of carbonyl (C=O) groups is 1. The van der Waals surface area contributed by atoms with Gasteiger partial charge in [0.05, 0.1) is 0 Å². The maximum atomic E-state index is 9.66. The fourth-order valence-corrected chi connectivity index (χ4v) is 0.191. The summed E-state index contributed by atoms with van der Waals surface area (Å²) in [7, 11) is 3.21. The number of amides is 1. The molecule has 42 valence electrons. The maximum absolute atomic E-state index is 9.66. The van der Waals surface area contributed by atoms with Crippen molar-refractivity contribution in [2.75, 3.05) is 14.1 Å². The van der Waals surface area contributed by atoms with Crippen LogP contribution in [0.5, 0.6) is 0 Å². The first-order chi connectivity index (χ1) is 3.13. The molecule has 0 aliphatic rings. The Morgan fingerprint density at radius 3 is 2.14 bits per heavy atom. The van der Waals surface area contributed by atoms with Crippen molar-refractivity contribution >= 4 is 6.09 Å². The van der Waals surface area contributed by atoms with E-state index in [1.807, 2.05) is 0 Å². The van der Waals surface area contributed by atoms with Crippen LogP contribution in [-0.4, -0.2) is 30.3 Å². The van der Waals surface area contributed by atoms with Gasteiger partial charge >= 0.3 is 6.09 Å². The standard InChI is InChI=1S/C3H8N2O2/c1-5(2)4-3(6)7/h4H,1-2H3,(H,6,7). The Kier molecular flexibility index (Phi) is 2.15. The Bertz CT molecular complexity index is 71.3. The summed E-state index contributed by atoms with van der Waals surface area (Å²) in [5.74, 6) is 0. The highest BCUT2D eigenvalue weighted by Gasteiger charge is 1.90. The third-order valence-electron chi connectivity index (χ3n) is 0.319. The van der Waals surface area contributed by atoms with Crippen LogP contribution in [0.1, 0.15) is 0 Å². The predicted molar refractivity (Wildman–Crippen MR) is 24.8 cm³/mol. The van der Waals surface area contributed by atoms with E-state index < -0.39 is 6.09 Å². The van der Waals surface area contributed by atoms with Crippen LogP contribution in [0.15, 0.2) is 0 Å². The third-order valence-corrected chi connectivity index (χ3v) is 0.319. The van der Waals surface area contributed by atoms with Gasteiger partial charge in [0, 0.05) is 14.1 Å². The van der Waals surface area contributed by atoms with Gasteiger partial charge in [0.1, 0.15) is 0 Å². The fourth-order valence-electron chi connectivity index (χ4n) is 0.191. The number of hydrogen-bond donors (Lipinski definition) is 2. The zero-order valence-electron chi connectivity index (χ0n) is 4.30. The molecule has 0 unspecified atom stereocenters. The van der Waals surface area contributed by atoms with Crippen molar-refractivity contribution in [2.45, 2.75) is 0 Å². The van der Waals surface area contributed by atoms with Gasteiger partial charge in [0.2, 0.25) is 0 Å². The van der Waals surface area contributed by atoms with Gasteiger partial charge in [-0.05, 0) is 0 Å². The monoisotopic (exact) mass is 104 g/mol. The smallest absolute Gasteiger partial charge is 0.419 e. The lowest BCUT2D eigenvalue weighted by atomic mass is 11.1. The molecule has 0 aromatic carbocycles. The molecule has 0 aliphatic carbocycles. The van der Waals surface area contributed by atoms with Crippen LogP contribution >= 0.6 is 0 Å². The number of hydrazine groups is 1. The fraction of sp³-hybridized carbons (Fsp3) is 0.667. The van der Waals surface area contributed by atoms with E-state index in [9.17, 15) is 4.79 Å². The summed E-state index contributed by atoms with van der Waals surface area (Å²) in [5, 5.41) is 9.28. The molecule has 0 saturated carbocycles. The summed E-state index contributed by atoms with van der Waals surface area (Å²) in [6, 6.07) is 0. The average Bonchev–Trinajstić information content (AvgIpc) is 1.27. The second-order valence-corrected chi connectivity index (χ2v) is 1.31. The van der Waals surface area contributed by atoms with Gasteiger partial charge < -0.3 is 5.11 Å². The zero-order chi connectivity index (χ0) is 5.86. The lowest BCUT2D eigenvalue weighted by molar-refractivity contribution is 0.165. The third kappa shape index (κ3) is 5.23. The molecule has 0 aliphatic heterocycles. The van der Waals surface area contributed by atoms with Crippen LogP contribution in [-0.2, 0) is 0 Å². The van der Waals surface area contributed by atoms with Crippen molar-refractivity contribution in [1.82, 2.24) is 10.4 Å². The molecule has 0 radical (unpaired) electrons. The van der Waals surface area contributed by atoms with Gasteiger partial charge in [-0.3, -0.25) is 5.43 Å². The second kappa shape index (κ2) is 2.41. The predicted octanol–water partition coefficient (Wildman–Crippen LogP) is -0.269. The first-order valence-corrected chi connectivity index (χ1v) is 1.80. The Morgan fingerprint density at radius 1 is 1.71 bits per heavy atom. The van der Waals surface area contributed by atoms with Gasteiger partial charge in [0.15, 0.2) is 0 Å². The minimum absolute atomic E-state index is 1.04. The molecule has 0 aromatic rings. The van der Waals surface area contributed by atoms with Crippen molar-refractivity contribution in [3.63, 3.8) is 0 Å². The van der Waals surface area contributed by atoms with E-state index in [1.54, 1.807) is 14.1 Å². The van der Waals surface area contributed by atoms with Crippen molar-refractivity contribution < 1.29 is 9.90 Å². The molecule has 0 fully saturated rings. The summed E-state index contributed by atoms with van der Waals surface area (Å²) >= 11 is 0. The van der Waals surface area contributed by atoms with E-state index in [0.717, 1.165) is 0 Å². The largest absolute Gasteiger partial charge is 0.464 e. The van der Waals surface area contributed by atoms with Crippen LogP contribution in [0.4, 0.5) is 4.79 Å². The number of nitrogens with one attached hydrogen (secondary N) is 1. The molecule has 0 aromatic heterocycles. The molecular weight excluding hydrogens is 96.0 g/mol. The normalized spacial score (nSPS) is 9.00. The van der Waals surface area contributed by atoms with Crippen LogP contribution in [0.3, 0.4) is 0 Å². The summed E-state index contributed by atoms with van der Waals surface area (Å²) in [6.45, 7) is 0. The Hall–Kier alpha value is -0.770. The van der Waals surface area contributed by atoms with Crippen molar-refractivity contribution in [2.24, 2.45) is 0 Å². The van der Waals surface area contributed by atoms with Gasteiger partial charge in [-0.15, -0.1) is 0 Å². The molecule has 4 nitrogen and oxygen atoms in total. The Balaban J connectivity index is 3.13. The highest BCUT2D eigenvalue weighted by molar-refractivity contribution is 5.63. The van der Waals surface area contributed by atoms with E-state index in [0.29, 0.717) is 0 Å². The summed E-state index contributed by atoms with van der Waals surface area (Å²) in [5.41, 5.74) is 2.06. The molecule has 0 spiro atoms. The van der Waals surface area contributed by atoms with E-state index >= 15 is 0 Å². The summed E-state index contributed by atoms with van der Waals surface area (Å²) in [6.07, 6.45) is -1.04. The van der Waals surface area contributed by atoms with Crippen LogP contribution in [0.2, 0.25) is 0 Å². The van der Waals surface area contributed by atoms with Crippen molar-refractivity contribution in [3.8, 4) is 0 Å². The van der Waals surface area contributed by atoms with Crippen molar-refractivity contribution in [3.05, 3.63) is 0 Å². The van der Waals surface area contributed by atoms with E-state index in [4.69, 9.17) is 5.11 Å². The van der Waals surface area contributed by atoms with Crippen LogP contribution < -0.4 is 5.43 Å².